The summed E-state index contributed by atoms with van der Waals surface area (Å²) in [5.41, 5.74) is 3.16. The lowest BCUT2D eigenvalue weighted by molar-refractivity contribution is -0.131. The van der Waals surface area contributed by atoms with Crippen LogP contribution in [0.5, 0.6) is 0 Å². The lowest BCUT2D eigenvalue weighted by Crippen LogP contribution is -2.37. The van der Waals surface area contributed by atoms with Crippen LogP contribution in [0, 0.1) is 20.8 Å². The molecule has 1 fully saturated rings. The molecule has 0 radical (unpaired) electrons. The highest BCUT2D eigenvalue weighted by Crippen LogP contribution is 2.28. The van der Waals surface area contributed by atoms with E-state index in [9.17, 15) is 14.4 Å². The largest absolute Gasteiger partial charge is 0.341 e. The van der Waals surface area contributed by atoms with E-state index in [-0.39, 0.29) is 23.9 Å². The van der Waals surface area contributed by atoms with E-state index in [0.717, 1.165) is 55.6 Å². The molecule has 1 aliphatic rings. The van der Waals surface area contributed by atoms with Gasteiger partial charge in [-0.05, 0) is 50.8 Å². The standard InChI is InChI=1S/C24H28N4O3S/c1-15-8-9-18(16(2)12-15)26-22(30)21-17(3)20-23(32-21)25-14-28(24(20)31)13-19(29)27-10-6-4-5-7-11-27/h8-9,12,14H,4-7,10-11,13H2,1-3H3,(H,26,30). The fourth-order valence-corrected chi connectivity index (χ4v) is 5.22. The molecule has 8 heteroatoms. The number of carbonyl (C=O) groups is 2. The van der Waals surface area contributed by atoms with Gasteiger partial charge in [0.1, 0.15) is 11.4 Å². The van der Waals surface area contributed by atoms with Crippen LogP contribution < -0.4 is 10.9 Å². The van der Waals surface area contributed by atoms with Crippen LogP contribution >= 0.6 is 11.3 Å². The molecular formula is C24H28N4O3S. The van der Waals surface area contributed by atoms with Crippen molar-refractivity contribution in [3.8, 4) is 0 Å². The van der Waals surface area contributed by atoms with E-state index in [1.807, 2.05) is 36.9 Å². The summed E-state index contributed by atoms with van der Waals surface area (Å²) in [6.07, 6.45) is 5.69. The Labute approximate surface area is 191 Å². The van der Waals surface area contributed by atoms with Crippen LogP contribution in [0.15, 0.2) is 29.3 Å². The third-order valence-corrected chi connectivity index (χ3v) is 7.22. The van der Waals surface area contributed by atoms with Crippen molar-refractivity contribution >= 4 is 39.1 Å². The summed E-state index contributed by atoms with van der Waals surface area (Å²) in [7, 11) is 0. The lowest BCUT2D eigenvalue weighted by Gasteiger charge is -2.20. The van der Waals surface area contributed by atoms with E-state index in [1.54, 1.807) is 6.92 Å². The molecule has 3 aromatic rings. The Balaban J connectivity index is 1.59. The fourth-order valence-electron chi connectivity index (χ4n) is 4.19. The molecule has 0 saturated carbocycles. The third kappa shape index (κ3) is 4.46. The molecule has 7 nitrogen and oxygen atoms in total. The molecule has 1 aliphatic heterocycles. The quantitative estimate of drug-likeness (QED) is 0.648. The second-order valence-corrected chi connectivity index (χ2v) is 9.48. The van der Waals surface area contributed by atoms with Crippen molar-refractivity contribution in [2.75, 3.05) is 18.4 Å². The number of fused-ring (bicyclic) bond motifs is 1. The number of amides is 2. The van der Waals surface area contributed by atoms with Crippen molar-refractivity contribution in [3.05, 3.63) is 56.4 Å². The van der Waals surface area contributed by atoms with Crippen molar-refractivity contribution in [3.63, 3.8) is 0 Å². The highest BCUT2D eigenvalue weighted by atomic mass is 32.1. The van der Waals surface area contributed by atoms with E-state index >= 15 is 0 Å². The Kier molecular flexibility index (Phi) is 6.41. The summed E-state index contributed by atoms with van der Waals surface area (Å²) in [6, 6.07) is 5.84. The molecule has 2 aromatic heterocycles. The Morgan fingerprint density at radius 2 is 1.81 bits per heavy atom. The predicted molar refractivity (Wildman–Crippen MR) is 128 cm³/mol. The minimum absolute atomic E-state index is 0.0266. The maximum Gasteiger partial charge on any atom is 0.266 e. The molecule has 1 saturated heterocycles. The van der Waals surface area contributed by atoms with Gasteiger partial charge in [0.15, 0.2) is 0 Å². The first-order valence-electron chi connectivity index (χ1n) is 11.0. The van der Waals surface area contributed by atoms with Crippen LogP contribution in [-0.4, -0.2) is 39.4 Å². The van der Waals surface area contributed by atoms with Gasteiger partial charge in [0.2, 0.25) is 5.91 Å². The molecule has 0 aliphatic carbocycles. The number of benzene rings is 1. The highest BCUT2D eigenvalue weighted by molar-refractivity contribution is 7.20. The van der Waals surface area contributed by atoms with Crippen LogP contribution in [0.4, 0.5) is 5.69 Å². The Hall–Kier alpha value is -3.00. The molecule has 0 spiro atoms. The number of carbonyl (C=O) groups excluding carboxylic acids is 2. The number of rotatable bonds is 4. The maximum absolute atomic E-state index is 13.1. The van der Waals surface area contributed by atoms with Crippen LogP contribution in [0.2, 0.25) is 0 Å². The molecule has 1 N–H and O–H groups in total. The van der Waals surface area contributed by atoms with Gasteiger partial charge in [0.05, 0.1) is 16.6 Å². The second kappa shape index (κ2) is 9.24. The summed E-state index contributed by atoms with van der Waals surface area (Å²) in [4.78, 5) is 46.0. The van der Waals surface area contributed by atoms with Crippen LogP contribution in [0.25, 0.3) is 10.2 Å². The first-order chi connectivity index (χ1) is 15.3. The molecular weight excluding hydrogens is 424 g/mol. The minimum Gasteiger partial charge on any atom is -0.341 e. The number of aromatic nitrogens is 2. The van der Waals surface area contributed by atoms with Gasteiger partial charge in [-0.1, -0.05) is 30.5 Å². The van der Waals surface area contributed by atoms with Gasteiger partial charge < -0.3 is 10.2 Å². The first kappa shape index (κ1) is 22.2. The summed E-state index contributed by atoms with van der Waals surface area (Å²) in [6.45, 7) is 7.17. The molecule has 32 heavy (non-hydrogen) atoms. The fraction of sp³-hybridized carbons (Fsp3) is 0.417. The van der Waals surface area contributed by atoms with Gasteiger partial charge in [-0.15, -0.1) is 11.3 Å². The number of likely N-dealkylation sites (tertiary alicyclic amines) is 1. The molecule has 4 rings (SSSR count). The van der Waals surface area contributed by atoms with E-state index in [4.69, 9.17) is 0 Å². The van der Waals surface area contributed by atoms with Gasteiger partial charge >= 0.3 is 0 Å². The SMILES string of the molecule is Cc1ccc(NC(=O)c2sc3ncn(CC(=O)N4CCCCCC4)c(=O)c3c2C)c(C)c1. The smallest absolute Gasteiger partial charge is 0.266 e. The summed E-state index contributed by atoms with van der Waals surface area (Å²) < 4.78 is 1.36. The molecule has 0 bridgehead atoms. The minimum atomic E-state index is -0.280. The topological polar surface area (TPSA) is 84.3 Å². The van der Waals surface area contributed by atoms with Gasteiger partial charge in [-0.25, -0.2) is 4.98 Å². The van der Waals surface area contributed by atoms with E-state index in [1.165, 1.54) is 22.2 Å². The second-order valence-electron chi connectivity index (χ2n) is 8.48. The average molecular weight is 453 g/mol. The van der Waals surface area contributed by atoms with E-state index in [2.05, 4.69) is 10.3 Å². The lowest BCUT2D eigenvalue weighted by atomic mass is 10.1. The number of hydrogen-bond acceptors (Lipinski definition) is 5. The molecule has 0 atom stereocenters. The van der Waals surface area contributed by atoms with Gasteiger partial charge in [0, 0.05) is 18.8 Å². The number of anilines is 1. The summed E-state index contributed by atoms with van der Waals surface area (Å²) in [5.74, 6) is -0.320. The molecule has 0 unspecified atom stereocenters. The van der Waals surface area contributed by atoms with Crippen LogP contribution in [-0.2, 0) is 11.3 Å². The average Bonchev–Trinajstić information content (AvgIpc) is 2.92. The Morgan fingerprint density at radius 3 is 2.50 bits per heavy atom. The normalized spacial score (nSPS) is 14.4. The van der Waals surface area contributed by atoms with Crippen LogP contribution in [0.1, 0.15) is 52.0 Å². The zero-order valence-electron chi connectivity index (χ0n) is 18.7. The van der Waals surface area contributed by atoms with Gasteiger partial charge in [-0.2, -0.15) is 0 Å². The van der Waals surface area contributed by atoms with E-state index < -0.39 is 0 Å². The van der Waals surface area contributed by atoms with Crippen molar-refractivity contribution in [1.82, 2.24) is 14.5 Å². The highest BCUT2D eigenvalue weighted by Gasteiger charge is 2.22. The van der Waals surface area contributed by atoms with Crippen LogP contribution in [0.3, 0.4) is 0 Å². The number of hydrogen-bond donors (Lipinski definition) is 1. The van der Waals surface area contributed by atoms with Gasteiger partial charge in [-0.3, -0.25) is 19.0 Å². The molecule has 2 amide bonds. The first-order valence-corrected chi connectivity index (χ1v) is 11.8. The third-order valence-electron chi connectivity index (χ3n) is 6.02. The number of nitrogens with one attached hydrogen (secondary N) is 1. The zero-order valence-corrected chi connectivity index (χ0v) is 19.6. The summed E-state index contributed by atoms with van der Waals surface area (Å²) >= 11 is 1.20. The summed E-state index contributed by atoms with van der Waals surface area (Å²) in [5, 5.41) is 3.35. The van der Waals surface area contributed by atoms with Crippen molar-refractivity contribution < 1.29 is 9.59 Å². The molecule has 1 aromatic carbocycles. The molecule has 3 heterocycles. The Bertz CT molecular complexity index is 1240. The number of thiophene rings is 1. The number of aryl methyl sites for hydroxylation is 3. The van der Waals surface area contributed by atoms with Crippen molar-refractivity contribution in [2.24, 2.45) is 0 Å². The molecule has 168 valence electrons. The monoisotopic (exact) mass is 452 g/mol. The zero-order chi connectivity index (χ0) is 22.8. The van der Waals surface area contributed by atoms with Crippen molar-refractivity contribution in [1.29, 1.82) is 0 Å². The van der Waals surface area contributed by atoms with Gasteiger partial charge in [0.25, 0.3) is 11.5 Å². The van der Waals surface area contributed by atoms with E-state index in [0.29, 0.717) is 20.7 Å². The predicted octanol–water partition coefficient (Wildman–Crippen LogP) is 4.04. The van der Waals surface area contributed by atoms with Crippen molar-refractivity contribution in [2.45, 2.75) is 53.0 Å². The number of nitrogens with zero attached hydrogens (tertiary/aromatic N) is 3. The Morgan fingerprint density at radius 1 is 1.09 bits per heavy atom. The maximum atomic E-state index is 13.1.